The number of hydrogen-bond donors (Lipinski definition) is 1. The Hall–Kier alpha value is -3.54. The lowest BCUT2D eigenvalue weighted by Crippen LogP contribution is -2.33. The second-order valence-corrected chi connectivity index (χ2v) is 11.8. The lowest BCUT2D eigenvalue weighted by atomic mass is 9.65. The fourth-order valence-electron chi connectivity index (χ4n) is 4.43. The summed E-state index contributed by atoms with van der Waals surface area (Å²) in [5, 5.41) is 11.0. The molecule has 1 N–H and O–H groups in total. The molecule has 0 aliphatic rings. The first-order valence-electron chi connectivity index (χ1n) is 12.0. The van der Waals surface area contributed by atoms with Gasteiger partial charge in [-0.15, -0.1) is 11.3 Å². The van der Waals surface area contributed by atoms with Crippen molar-refractivity contribution >= 4 is 37.5 Å². The highest BCUT2D eigenvalue weighted by atomic mass is 32.1. The molecule has 36 heavy (non-hydrogen) atoms. The summed E-state index contributed by atoms with van der Waals surface area (Å²) in [5.74, 6) is -0.767. The van der Waals surface area contributed by atoms with Crippen molar-refractivity contribution in [1.29, 1.82) is 0 Å². The van der Waals surface area contributed by atoms with Gasteiger partial charge in [0.15, 0.2) is 0 Å². The number of thiophene rings is 1. The molecule has 5 rings (SSSR count). The van der Waals surface area contributed by atoms with Crippen LogP contribution in [0.15, 0.2) is 79.0 Å². The molecule has 0 atom stereocenters. The average molecular weight is 496 g/mol. The number of carbonyl (C=O) groups is 1. The number of fused-ring (bicyclic) bond motifs is 3. The lowest BCUT2D eigenvalue weighted by Gasteiger charge is -2.39. The van der Waals surface area contributed by atoms with Gasteiger partial charge in [-0.25, -0.2) is 4.79 Å². The van der Waals surface area contributed by atoms with Crippen LogP contribution >= 0.6 is 11.3 Å². The van der Waals surface area contributed by atoms with E-state index in [-0.39, 0.29) is 10.8 Å². The molecule has 5 aromatic rings. The summed E-state index contributed by atoms with van der Waals surface area (Å²) in [7, 11) is 0. The Kier molecular flexibility index (Phi) is 5.93. The van der Waals surface area contributed by atoms with E-state index < -0.39 is 5.97 Å². The Morgan fingerprint density at radius 1 is 0.861 bits per heavy atom. The third-order valence-corrected chi connectivity index (χ3v) is 8.89. The van der Waals surface area contributed by atoms with E-state index in [4.69, 9.17) is 10.2 Å². The molecule has 0 bridgehead atoms. The quantitative estimate of drug-likeness (QED) is 0.200. The monoisotopic (exact) mass is 495 g/mol. The zero-order chi connectivity index (χ0) is 25.7. The summed E-state index contributed by atoms with van der Waals surface area (Å²) < 4.78 is 2.44. The van der Waals surface area contributed by atoms with Gasteiger partial charge in [0, 0.05) is 31.9 Å². The maximum absolute atomic E-state index is 11.5. The van der Waals surface area contributed by atoms with Crippen molar-refractivity contribution in [1.82, 2.24) is 4.98 Å². The minimum absolute atomic E-state index is 0.00286. The van der Waals surface area contributed by atoms with Gasteiger partial charge < -0.3 is 0 Å². The number of pyridine rings is 1. The van der Waals surface area contributed by atoms with Crippen LogP contribution in [0.3, 0.4) is 0 Å². The SMILES string of the molecule is CC(C)(C)C(C)(C)c1ccnc(-c2cccc3c2sc2ccc(-c4ccc(C(=O)OO)cc4)cc23)c1. The summed E-state index contributed by atoms with van der Waals surface area (Å²) in [6, 6.07) is 24.3. The molecule has 3 aromatic carbocycles. The highest BCUT2D eigenvalue weighted by Gasteiger charge is 2.34. The fourth-order valence-corrected chi connectivity index (χ4v) is 5.64. The Bertz CT molecular complexity index is 1590. The zero-order valence-electron chi connectivity index (χ0n) is 21.1. The van der Waals surface area contributed by atoms with Crippen LogP contribution in [0.25, 0.3) is 42.6 Å². The molecule has 0 amide bonds. The third kappa shape index (κ3) is 4.08. The van der Waals surface area contributed by atoms with E-state index in [1.165, 1.54) is 25.7 Å². The first-order valence-corrected chi connectivity index (χ1v) is 12.8. The van der Waals surface area contributed by atoms with Crippen LogP contribution < -0.4 is 0 Å². The highest BCUT2D eigenvalue weighted by Crippen LogP contribution is 2.44. The molecule has 0 aliphatic heterocycles. The predicted molar refractivity (Wildman–Crippen MR) is 149 cm³/mol. The van der Waals surface area contributed by atoms with Gasteiger partial charge in [0.1, 0.15) is 0 Å². The summed E-state index contributed by atoms with van der Waals surface area (Å²) in [6.45, 7) is 11.4. The molecule has 0 unspecified atom stereocenters. The maximum atomic E-state index is 11.5. The van der Waals surface area contributed by atoms with Crippen molar-refractivity contribution in [3.05, 3.63) is 90.1 Å². The standard InChI is InChI=1S/C31H29NO3S/c1-30(2,3)31(4,5)22-15-16-32-26(18-22)24-8-6-7-23-25-17-21(13-14-27(25)36-28(23)24)19-9-11-20(12-10-19)29(33)35-34/h6-18,34H,1-5H3. The largest absolute Gasteiger partial charge is 0.372 e. The van der Waals surface area contributed by atoms with Crippen molar-refractivity contribution in [2.24, 2.45) is 5.41 Å². The summed E-state index contributed by atoms with van der Waals surface area (Å²) in [6.07, 6.45) is 1.93. The molecular formula is C31H29NO3S. The second-order valence-electron chi connectivity index (χ2n) is 10.8. The molecule has 2 aromatic heterocycles. The van der Waals surface area contributed by atoms with Gasteiger partial charge in [0.05, 0.1) is 11.3 Å². The van der Waals surface area contributed by atoms with Gasteiger partial charge in [0.2, 0.25) is 0 Å². The van der Waals surface area contributed by atoms with E-state index in [1.54, 1.807) is 23.5 Å². The van der Waals surface area contributed by atoms with Crippen molar-refractivity contribution in [3.63, 3.8) is 0 Å². The highest BCUT2D eigenvalue weighted by molar-refractivity contribution is 7.26. The minimum atomic E-state index is -0.767. The van der Waals surface area contributed by atoms with Gasteiger partial charge in [0.25, 0.3) is 0 Å². The Morgan fingerprint density at radius 2 is 1.58 bits per heavy atom. The summed E-state index contributed by atoms with van der Waals surface area (Å²) in [4.78, 5) is 20.1. The van der Waals surface area contributed by atoms with Crippen molar-refractivity contribution in [3.8, 4) is 22.4 Å². The number of nitrogens with zero attached hydrogens (tertiary/aromatic N) is 1. The van der Waals surface area contributed by atoms with Gasteiger partial charge in [-0.2, -0.15) is 5.26 Å². The van der Waals surface area contributed by atoms with Crippen LogP contribution in [-0.2, 0) is 10.3 Å². The van der Waals surface area contributed by atoms with E-state index in [9.17, 15) is 4.79 Å². The molecule has 4 nitrogen and oxygen atoms in total. The lowest BCUT2D eigenvalue weighted by molar-refractivity contribution is -0.182. The van der Waals surface area contributed by atoms with E-state index in [2.05, 4.69) is 88.0 Å². The second kappa shape index (κ2) is 8.84. The van der Waals surface area contributed by atoms with Crippen molar-refractivity contribution in [2.45, 2.75) is 40.0 Å². The predicted octanol–water partition coefficient (Wildman–Crippen LogP) is 8.74. The smallest absolute Gasteiger partial charge is 0.296 e. The number of rotatable bonds is 4. The normalized spacial score (nSPS) is 12.3. The van der Waals surface area contributed by atoms with E-state index >= 15 is 0 Å². The third-order valence-electron chi connectivity index (χ3n) is 7.67. The van der Waals surface area contributed by atoms with Gasteiger partial charge >= 0.3 is 5.97 Å². The molecule has 182 valence electrons. The molecule has 2 heterocycles. The molecule has 0 radical (unpaired) electrons. The fraction of sp³-hybridized carbons (Fsp3) is 0.226. The van der Waals surface area contributed by atoms with Gasteiger partial charge in [-0.3, -0.25) is 9.87 Å². The number of hydrogen-bond acceptors (Lipinski definition) is 5. The number of aromatic nitrogens is 1. The summed E-state index contributed by atoms with van der Waals surface area (Å²) >= 11 is 1.79. The van der Waals surface area contributed by atoms with Crippen LogP contribution in [0.4, 0.5) is 0 Å². The van der Waals surface area contributed by atoms with Crippen molar-refractivity contribution < 1.29 is 14.9 Å². The van der Waals surface area contributed by atoms with Gasteiger partial charge in [-0.05, 0) is 63.9 Å². The molecule has 0 fully saturated rings. The van der Waals surface area contributed by atoms with E-state index in [0.717, 1.165) is 22.4 Å². The van der Waals surface area contributed by atoms with Crippen LogP contribution in [0.5, 0.6) is 0 Å². The Balaban J connectivity index is 1.60. The number of carbonyl (C=O) groups excluding carboxylic acids is 1. The first kappa shape index (κ1) is 24.2. The summed E-state index contributed by atoms with van der Waals surface area (Å²) in [5.41, 5.74) is 5.89. The van der Waals surface area contributed by atoms with Crippen LogP contribution in [-0.4, -0.2) is 16.2 Å². The Labute approximate surface area is 215 Å². The molecule has 0 aliphatic carbocycles. The topological polar surface area (TPSA) is 59.4 Å². The van der Waals surface area contributed by atoms with Crippen LogP contribution in [0, 0.1) is 5.41 Å². The molecule has 0 saturated heterocycles. The van der Waals surface area contributed by atoms with Crippen LogP contribution in [0.1, 0.15) is 50.5 Å². The maximum Gasteiger partial charge on any atom is 0.372 e. The molecule has 0 spiro atoms. The van der Waals surface area contributed by atoms with Crippen LogP contribution in [0.2, 0.25) is 0 Å². The molecular weight excluding hydrogens is 466 g/mol. The van der Waals surface area contributed by atoms with E-state index in [1.807, 2.05) is 18.3 Å². The zero-order valence-corrected chi connectivity index (χ0v) is 21.9. The molecule has 5 heteroatoms. The van der Waals surface area contributed by atoms with Gasteiger partial charge in [-0.1, -0.05) is 71.0 Å². The average Bonchev–Trinajstić information content (AvgIpc) is 3.26. The first-order chi connectivity index (χ1) is 17.1. The minimum Gasteiger partial charge on any atom is -0.296 e. The van der Waals surface area contributed by atoms with E-state index in [0.29, 0.717) is 5.56 Å². The molecule has 0 saturated carbocycles. The van der Waals surface area contributed by atoms with Crippen molar-refractivity contribution in [2.75, 3.05) is 0 Å². The number of benzene rings is 3. The Morgan fingerprint density at radius 3 is 2.28 bits per heavy atom.